The van der Waals surface area contributed by atoms with Crippen molar-refractivity contribution in [2.75, 3.05) is 0 Å². The van der Waals surface area contributed by atoms with Crippen LogP contribution in [0.2, 0.25) is 12.8 Å². The van der Waals surface area contributed by atoms with E-state index in [4.69, 9.17) is 0 Å². The van der Waals surface area contributed by atoms with Crippen molar-refractivity contribution in [2.24, 2.45) is 33.5 Å². The first-order valence-electron chi connectivity index (χ1n) is 12.0. The number of rotatable bonds is 3. The van der Waals surface area contributed by atoms with E-state index in [-0.39, 0.29) is 0 Å². The monoisotopic (exact) mass is 486 g/mol. The van der Waals surface area contributed by atoms with E-state index >= 15 is 0 Å². The van der Waals surface area contributed by atoms with Gasteiger partial charge >= 0.3 is 179 Å². The van der Waals surface area contributed by atoms with Crippen LogP contribution >= 0.6 is 0 Å². The molecular weight excluding hydrogens is 443 g/mol. The summed E-state index contributed by atoms with van der Waals surface area (Å²) < 4.78 is 3.89. The molecule has 0 saturated heterocycles. The summed E-state index contributed by atoms with van der Waals surface area (Å²) in [5.41, 5.74) is 2.22. The summed E-state index contributed by atoms with van der Waals surface area (Å²) in [6, 6.07) is 12.1. The van der Waals surface area contributed by atoms with Crippen LogP contribution in [0.4, 0.5) is 0 Å². The Hall–Kier alpha value is 0.0187. The molecule has 4 aliphatic carbocycles. The van der Waals surface area contributed by atoms with Gasteiger partial charge in [0.25, 0.3) is 0 Å². The Morgan fingerprint density at radius 3 is 1.46 bits per heavy atom. The number of hydrogen-bond acceptors (Lipinski definition) is 0. The van der Waals surface area contributed by atoms with Gasteiger partial charge < -0.3 is 0 Å². The first kappa shape index (κ1) is 20.0. The van der Waals surface area contributed by atoms with Crippen molar-refractivity contribution >= 4 is 22.0 Å². The van der Waals surface area contributed by atoms with Crippen molar-refractivity contribution in [3.05, 3.63) is 30.3 Å². The normalized spacial score (nSPS) is 47.4. The Labute approximate surface area is 178 Å². The van der Waals surface area contributed by atoms with E-state index in [1.54, 1.807) is 12.8 Å². The third-order valence-electron chi connectivity index (χ3n) is 12.4. The summed E-state index contributed by atoms with van der Waals surface area (Å²) in [7, 11) is 0. The van der Waals surface area contributed by atoms with Crippen LogP contribution in [0.1, 0.15) is 80.1 Å². The summed E-state index contributed by atoms with van der Waals surface area (Å²) in [5.74, 6) is 1.95. The topological polar surface area (TPSA) is 0 Å². The van der Waals surface area contributed by atoms with Gasteiger partial charge in [-0.15, -0.1) is 0 Å². The van der Waals surface area contributed by atoms with Gasteiger partial charge in [-0.25, -0.2) is 0 Å². The zero-order chi connectivity index (χ0) is 20.2. The standard InChI is InChI=1S/2C10H17.C6H5.CH3.Sn/c2*1-9(2)8-4-6-10(9,3)7-5-8;1-2-4-6-5-3-1;;/h2*6,8H,4-5,7H2,1-3H3;1-5H;1H3;. The minimum absolute atomic E-state index is 0.540. The Balaban J connectivity index is 1.68. The molecule has 0 nitrogen and oxygen atoms in total. The molecule has 6 unspecified atom stereocenters. The van der Waals surface area contributed by atoms with Gasteiger partial charge in [0, 0.05) is 0 Å². The molecule has 0 aliphatic heterocycles. The third-order valence-corrected chi connectivity index (χ3v) is 30.2. The van der Waals surface area contributed by atoms with E-state index < -0.39 is 18.4 Å². The van der Waals surface area contributed by atoms with Crippen LogP contribution in [0.5, 0.6) is 0 Å². The van der Waals surface area contributed by atoms with Gasteiger partial charge in [0.15, 0.2) is 0 Å². The van der Waals surface area contributed by atoms with E-state index in [1.165, 1.54) is 25.7 Å². The summed E-state index contributed by atoms with van der Waals surface area (Å²) >= 11 is -2.70. The van der Waals surface area contributed by atoms with Crippen LogP contribution in [0, 0.1) is 33.5 Å². The Morgan fingerprint density at radius 1 is 0.714 bits per heavy atom. The molecule has 4 fully saturated rings. The van der Waals surface area contributed by atoms with Crippen LogP contribution in [-0.4, -0.2) is 18.4 Å². The number of fused-ring (bicyclic) bond motifs is 4. The Bertz CT molecular complexity index is 733. The van der Waals surface area contributed by atoms with E-state index in [9.17, 15) is 0 Å². The minimum atomic E-state index is -2.70. The van der Waals surface area contributed by atoms with Gasteiger partial charge in [-0.3, -0.25) is 0 Å². The first-order valence-corrected chi connectivity index (χ1v) is 19.6. The fraction of sp³-hybridized carbons (Fsp3) is 0.778. The van der Waals surface area contributed by atoms with Crippen molar-refractivity contribution in [2.45, 2.75) is 92.9 Å². The predicted molar refractivity (Wildman–Crippen MR) is 124 cm³/mol. The van der Waals surface area contributed by atoms with Crippen LogP contribution in [0.25, 0.3) is 0 Å². The molecule has 1 aromatic carbocycles. The average molecular weight is 485 g/mol. The summed E-state index contributed by atoms with van der Waals surface area (Å²) in [6.07, 6.45) is 9.06. The van der Waals surface area contributed by atoms with Crippen molar-refractivity contribution in [3.63, 3.8) is 0 Å². The van der Waals surface area contributed by atoms with E-state index in [0.29, 0.717) is 21.7 Å². The first-order chi connectivity index (χ1) is 13.0. The zero-order valence-corrected chi connectivity index (χ0v) is 22.3. The molecule has 0 N–H and O–H groups in total. The molecule has 0 radical (unpaired) electrons. The quantitative estimate of drug-likeness (QED) is 0.392. The third kappa shape index (κ3) is 2.10. The molecule has 4 bridgehead atoms. The Morgan fingerprint density at radius 2 is 1.14 bits per heavy atom. The average Bonchev–Trinajstić information content (AvgIpc) is 3.19. The van der Waals surface area contributed by atoms with E-state index in [2.05, 4.69) is 76.8 Å². The molecule has 4 aliphatic rings. The van der Waals surface area contributed by atoms with Crippen molar-refractivity contribution < 1.29 is 0 Å². The fourth-order valence-corrected chi connectivity index (χ4v) is 30.9. The van der Waals surface area contributed by atoms with Crippen LogP contribution in [0.3, 0.4) is 0 Å². The summed E-state index contributed by atoms with van der Waals surface area (Å²) in [5, 5.41) is 0. The molecule has 5 rings (SSSR count). The molecule has 0 heterocycles. The number of benzene rings is 1. The van der Waals surface area contributed by atoms with Gasteiger partial charge in [-0.05, 0) is 0 Å². The SMILES string of the molecule is CC1(C)C2CCC1(C)[CH]([Sn]([CH3])([c]1ccccc1)[CH]1CC3CCC1(C)C3(C)C)C2. The van der Waals surface area contributed by atoms with Gasteiger partial charge in [0.2, 0.25) is 0 Å². The van der Waals surface area contributed by atoms with Gasteiger partial charge in [0.05, 0.1) is 0 Å². The van der Waals surface area contributed by atoms with Gasteiger partial charge in [-0.1, -0.05) is 0 Å². The van der Waals surface area contributed by atoms with Gasteiger partial charge in [0.1, 0.15) is 0 Å². The molecular formula is C27H42Sn. The summed E-state index contributed by atoms with van der Waals surface area (Å²) in [4.78, 5) is 2.92. The van der Waals surface area contributed by atoms with E-state index in [0.717, 1.165) is 19.7 Å². The van der Waals surface area contributed by atoms with Crippen LogP contribution < -0.4 is 3.58 Å². The predicted octanol–water partition coefficient (Wildman–Crippen LogP) is 7.41. The van der Waals surface area contributed by atoms with Crippen LogP contribution in [-0.2, 0) is 0 Å². The van der Waals surface area contributed by atoms with E-state index in [1.807, 2.05) is 3.58 Å². The summed E-state index contributed by atoms with van der Waals surface area (Å²) in [6.45, 7) is 16.0. The molecule has 0 aromatic heterocycles. The maximum absolute atomic E-state index is 2.92. The molecule has 154 valence electrons. The molecule has 0 amide bonds. The van der Waals surface area contributed by atoms with Gasteiger partial charge in [-0.2, -0.15) is 0 Å². The second-order valence-electron chi connectivity index (χ2n) is 13.0. The zero-order valence-electron chi connectivity index (χ0n) is 19.4. The molecule has 1 aromatic rings. The molecule has 1 heteroatoms. The van der Waals surface area contributed by atoms with Crippen molar-refractivity contribution in [1.82, 2.24) is 0 Å². The fourth-order valence-electron chi connectivity index (χ4n) is 9.66. The molecule has 28 heavy (non-hydrogen) atoms. The molecule has 0 spiro atoms. The second-order valence-corrected chi connectivity index (χ2v) is 25.9. The Kier molecular flexibility index (Phi) is 4.15. The van der Waals surface area contributed by atoms with Crippen molar-refractivity contribution in [3.8, 4) is 0 Å². The molecule has 6 atom stereocenters. The second kappa shape index (κ2) is 5.83. The van der Waals surface area contributed by atoms with Crippen LogP contribution in [0.15, 0.2) is 30.3 Å². The molecule has 4 saturated carbocycles. The number of hydrogen-bond donors (Lipinski definition) is 0. The maximum atomic E-state index is 2.92. The van der Waals surface area contributed by atoms with Crippen molar-refractivity contribution in [1.29, 1.82) is 0 Å².